The number of rotatable bonds is 11. The number of nitrogens with zero attached hydrogens (tertiary/aromatic N) is 2. The number of carbonyl (C=O) groups is 1. The molecule has 0 unspecified atom stereocenters. The maximum Gasteiger partial charge on any atom is 0.410 e. The molecule has 36 heavy (non-hydrogen) atoms. The van der Waals surface area contributed by atoms with Crippen LogP contribution in [0.3, 0.4) is 0 Å². The zero-order valence-electron chi connectivity index (χ0n) is 22.8. The zero-order chi connectivity index (χ0) is 26.8. The maximum absolute atomic E-state index is 13.3. The van der Waals surface area contributed by atoms with Gasteiger partial charge in [-0.3, -0.25) is 0 Å². The molecular weight excluding hydrogens is 472 g/mol. The Bertz CT molecular complexity index is 982. The molecule has 2 aromatic carbocycles. The lowest BCUT2D eigenvalue weighted by Crippen LogP contribution is -2.46. The van der Waals surface area contributed by atoms with Gasteiger partial charge in [-0.1, -0.05) is 60.7 Å². The number of carbonyl (C=O) groups excluding carboxylic acids is 1. The van der Waals surface area contributed by atoms with Gasteiger partial charge in [-0.05, 0) is 66.0 Å². The van der Waals surface area contributed by atoms with Gasteiger partial charge in [0.2, 0.25) is 0 Å². The van der Waals surface area contributed by atoms with E-state index in [4.69, 9.17) is 9.47 Å². The highest BCUT2D eigenvalue weighted by molar-refractivity contribution is 7.85. The molecule has 7 heteroatoms. The molecule has 0 N–H and O–H groups in total. The molecule has 0 aliphatic heterocycles. The van der Waals surface area contributed by atoms with Crippen LogP contribution >= 0.6 is 0 Å². The Morgan fingerprint density at radius 3 is 2.06 bits per heavy atom. The molecule has 2 rings (SSSR count). The Balaban J connectivity index is 2.25. The van der Waals surface area contributed by atoms with Gasteiger partial charge in [0.1, 0.15) is 16.6 Å². The second-order valence-electron chi connectivity index (χ2n) is 11.0. The Morgan fingerprint density at radius 1 is 0.972 bits per heavy atom. The van der Waals surface area contributed by atoms with E-state index in [-0.39, 0.29) is 18.1 Å². The van der Waals surface area contributed by atoms with Crippen LogP contribution in [0.25, 0.3) is 0 Å². The van der Waals surface area contributed by atoms with Crippen LogP contribution in [-0.4, -0.2) is 44.4 Å². The van der Waals surface area contributed by atoms with Crippen LogP contribution < -0.4 is 0 Å². The Labute approximate surface area is 219 Å². The van der Waals surface area contributed by atoms with Crippen molar-refractivity contribution in [3.63, 3.8) is 0 Å². The maximum atomic E-state index is 13.3. The molecule has 0 radical (unpaired) electrons. The van der Waals surface area contributed by atoms with Crippen molar-refractivity contribution in [2.75, 3.05) is 6.61 Å². The number of amides is 1. The normalized spacial score (nSPS) is 14.9. The first-order valence-electron chi connectivity index (χ1n) is 12.5. The first-order chi connectivity index (χ1) is 16.9. The molecule has 0 saturated carbocycles. The van der Waals surface area contributed by atoms with E-state index in [0.29, 0.717) is 26.2 Å². The van der Waals surface area contributed by atoms with E-state index in [9.17, 15) is 9.00 Å². The topological polar surface area (TPSA) is 68.2 Å². The summed E-state index contributed by atoms with van der Waals surface area (Å²) in [5.41, 5.74) is 1.48. The van der Waals surface area contributed by atoms with Crippen molar-refractivity contribution in [1.29, 1.82) is 0 Å². The molecular formula is C29H42N2O4S. The molecule has 0 spiro atoms. The lowest BCUT2D eigenvalue weighted by atomic mass is 9.97. The van der Waals surface area contributed by atoms with Gasteiger partial charge in [-0.2, -0.15) is 4.40 Å². The summed E-state index contributed by atoms with van der Waals surface area (Å²) >= 11 is 0. The quantitative estimate of drug-likeness (QED) is 0.318. The van der Waals surface area contributed by atoms with Gasteiger partial charge in [0.05, 0.1) is 18.0 Å². The lowest BCUT2D eigenvalue weighted by molar-refractivity contribution is -0.000910. The van der Waals surface area contributed by atoms with E-state index in [2.05, 4.69) is 4.40 Å². The minimum Gasteiger partial charge on any atom is -0.444 e. The third-order valence-electron chi connectivity index (χ3n) is 5.54. The van der Waals surface area contributed by atoms with Crippen molar-refractivity contribution in [1.82, 2.24) is 4.90 Å². The molecule has 2 aromatic rings. The molecule has 3 atom stereocenters. The summed E-state index contributed by atoms with van der Waals surface area (Å²) in [6, 6.07) is 19.6. The fraction of sp³-hybridized carbons (Fsp3) is 0.517. The molecule has 0 heterocycles. The van der Waals surface area contributed by atoms with Gasteiger partial charge < -0.3 is 14.4 Å². The van der Waals surface area contributed by atoms with Crippen LogP contribution in [0.4, 0.5) is 4.79 Å². The summed E-state index contributed by atoms with van der Waals surface area (Å²) in [4.78, 5) is 15.1. The van der Waals surface area contributed by atoms with Crippen LogP contribution in [0.5, 0.6) is 0 Å². The van der Waals surface area contributed by atoms with Gasteiger partial charge in [0.15, 0.2) is 0 Å². The van der Waals surface area contributed by atoms with Crippen LogP contribution in [0.2, 0.25) is 0 Å². The molecule has 0 saturated heterocycles. The van der Waals surface area contributed by atoms with Gasteiger partial charge >= 0.3 is 6.09 Å². The fourth-order valence-corrected chi connectivity index (χ4v) is 3.98. The van der Waals surface area contributed by atoms with Crippen LogP contribution in [0.1, 0.15) is 66.0 Å². The van der Waals surface area contributed by atoms with Crippen molar-refractivity contribution < 1.29 is 18.5 Å². The molecule has 0 aliphatic carbocycles. The predicted molar refractivity (Wildman–Crippen MR) is 148 cm³/mol. The third-order valence-corrected chi connectivity index (χ3v) is 6.93. The van der Waals surface area contributed by atoms with Gasteiger partial charge in [-0.25, -0.2) is 9.00 Å². The van der Waals surface area contributed by atoms with Gasteiger partial charge in [0.25, 0.3) is 0 Å². The average molecular weight is 515 g/mol. The predicted octanol–water partition coefficient (Wildman–Crippen LogP) is 6.57. The molecule has 198 valence electrons. The molecule has 0 fully saturated rings. The van der Waals surface area contributed by atoms with E-state index in [1.807, 2.05) is 109 Å². The van der Waals surface area contributed by atoms with E-state index in [0.717, 1.165) is 11.1 Å². The van der Waals surface area contributed by atoms with Gasteiger partial charge in [0, 0.05) is 24.7 Å². The third kappa shape index (κ3) is 10.6. The molecule has 6 nitrogen and oxygen atoms in total. The van der Waals surface area contributed by atoms with Crippen molar-refractivity contribution in [3.8, 4) is 0 Å². The fourth-order valence-electron chi connectivity index (χ4n) is 3.44. The van der Waals surface area contributed by atoms with Crippen LogP contribution in [0.15, 0.2) is 65.1 Å². The summed E-state index contributed by atoms with van der Waals surface area (Å²) in [7, 11) is -1.34. The Hall–Kier alpha value is -2.51. The summed E-state index contributed by atoms with van der Waals surface area (Å²) in [5.74, 6) is -0.0781. The van der Waals surface area contributed by atoms with E-state index in [1.54, 1.807) is 11.1 Å². The number of benzene rings is 2. The molecule has 0 aliphatic rings. The summed E-state index contributed by atoms with van der Waals surface area (Å²) in [6.07, 6.45) is 1.86. The largest absolute Gasteiger partial charge is 0.444 e. The van der Waals surface area contributed by atoms with Gasteiger partial charge in [-0.15, -0.1) is 0 Å². The second-order valence-corrected chi connectivity index (χ2v) is 12.9. The molecule has 1 amide bonds. The van der Waals surface area contributed by atoms with E-state index >= 15 is 0 Å². The first kappa shape index (κ1) is 29.7. The van der Waals surface area contributed by atoms with Crippen molar-refractivity contribution in [2.24, 2.45) is 10.3 Å². The number of hydrogen-bond donors (Lipinski definition) is 0. The van der Waals surface area contributed by atoms with E-state index < -0.39 is 21.3 Å². The Morgan fingerprint density at radius 2 is 1.53 bits per heavy atom. The monoisotopic (exact) mass is 514 g/mol. The summed E-state index contributed by atoms with van der Waals surface area (Å²) in [6.45, 7) is 14.6. The highest BCUT2D eigenvalue weighted by atomic mass is 32.2. The average Bonchev–Trinajstić information content (AvgIpc) is 2.80. The van der Waals surface area contributed by atoms with Crippen molar-refractivity contribution >= 4 is 23.3 Å². The minimum absolute atomic E-state index is 0.0781. The zero-order valence-corrected chi connectivity index (χ0v) is 23.6. The van der Waals surface area contributed by atoms with Crippen LogP contribution in [0, 0.1) is 5.92 Å². The molecule has 0 aromatic heterocycles. The molecule has 0 bridgehead atoms. The lowest BCUT2D eigenvalue weighted by Gasteiger charge is -2.35. The van der Waals surface area contributed by atoms with Crippen molar-refractivity contribution in [2.45, 2.75) is 84.4 Å². The first-order valence-corrected chi connectivity index (χ1v) is 13.6. The standard InChI is InChI=1S/C29H42N2O4S/c1-23(31(27(32)35-28(2,3)4)20-24-14-10-8-11-15-24)26(18-19-30-36(33)29(5,6)7)22-34-21-25-16-12-9-13-17-25/h8-17,19,23,26H,18,20-22H2,1-7H3/t23-,26+,36-/m1/s1. The van der Waals surface area contributed by atoms with E-state index in [1.165, 1.54) is 0 Å². The highest BCUT2D eigenvalue weighted by Crippen LogP contribution is 2.22. The Kier molecular flexibility index (Phi) is 11.3. The number of ether oxygens (including phenoxy) is 2. The summed E-state index contributed by atoms with van der Waals surface area (Å²) in [5, 5.41) is 0. The minimum atomic E-state index is -1.34. The van der Waals surface area contributed by atoms with Crippen molar-refractivity contribution in [3.05, 3.63) is 71.8 Å². The summed E-state index contributed by atoms with van der Waals surface area (Å²) < 4.78 is 28.2. The smallest absolute Gasteiger partial charge is 0.410 e. The number of hydrogen-bond acceptors (Lipinski definition) is 4. The van der Waals surface area contributed by atoms with Crippen LogP contribution in [-0.2, 0) is 33.6 Å². The SMILES string of the molecule is C[C@H]([C@@H](CC=N[S@](=O)C(C)(C)C)COCc1ccccc1)N(Cc1ccccc1)C(=O)OC(C)(C)C. The second kappa shape index (κ2) is 13.7. The highest BCUT2D eigenvalue weighted by Gasteiger charge is 2.31.